The molecule has 0 unspecified atom stereocenters. The van der Waals surface area contributed by atoms with Crippen LogP contribution in [0.3, 0.4) is 0 Å². The molecule has 8 nitrogen and oxygen atoms in total. The van der Waals surface area contributed by atoms with Crippen LogP contribution in [-0.2, 0) is 0 Å². The quantitative estimate of drug-likeness (QED) is 0.622. The number of ether oxygens (including phenoxy) is 1. The number of benzene rings is 1. The first-order valence-electron chi connectivity index (χ1n) is 6.76. The first-order valence-corrected chi connectivity index (χ1v) is 7.64. The van der Waals surface area contributed by atoms with Gasteiger partial charge in [-0.1, -0.05) is 0 Å². The fourth-order valence-corrected chi connectivity index (χ4v) is 2.61. The van der Waals surface area contributed by atoms with Crippen LogP contribution in [0.5, 0.6) is 11.6 Å². The Hall–Kier alpha value is -3.20. The molecule has 0 amide bonds. The van der Waals surface area contributed by atoms with Gasteiger partial charge < -0.3 is 9.84 Å². The average molecular weight is 344 g/mol. The highest BCUT2D eigenvalue weighted by Crippen LogP contribution is 2.27. The van der Waals surface area contributed by atoms with Crippen LogP contribution in [0, 0.1) is 0 Å². The molecule has 2 heterocycles. The van der Waals surface area contributed by atoms with Crippen LogP contribution in [-0.4, -0.2) is 33.4 Å². The van der Waals surface area contributed by atoms with E-state index in [2.05, 4.69) is 15.0 Å². The van der Waals surface area contributed by atoms with Crippen LogP contribution in [0.25, 0.3) is 11.3 Å². The van der Waals surface area contributed by atoms with Crippen LogP contribution in [0.2, 0.25) is 0 Å². The molecule has 0 fully saturated rings. The first kappa shape index (κ1) is 15.7. The molecule has 9 heteroatoms. The average Bonchev–Trinajstić information content (AvgIpc) is 3.03. The Morgan fingerprint density at radius 3 is 2.67 bits per heavy atom. The maximum Gasteiger partial charge on any atom is 0.328 e. The minimum absolute atomic E-state index is 0.143. The zero-order valence-corrected chi connectivity index (χ0v) is 13.3. The van der Waals surface area contributed by atoms with Gasteiger partial charge in [-0.05, 0) is 24.3 Å². The van der Waals surface area contributed by atoms with Gasteiger partial charge in [0.15, 0.2) is 0 Å². The third kappa shape index (κ3) is 3.25. The molecule has 3 rings (SSSR count). The van der Waals surface area contributed by atoms with Crippen LogP contribution < -0.4 is 16.0 Å². The molecule has 0 bridgehead atoms. The van der Waals surface area contributed by atoms with Crippen molar-refractivity contribution in [1.29, 1.82) is 0 Å². The Kier molecular flexibility index (Phi) is 4.25. The van der Waals surface area contributed by atoms with Crippen molar-refractivity contribution in [3.63, 3.8) is 0 Å². The Balaban J connectivity index is 1.86. The van der Waals surface area contributed by atoms with Crippen molar-refractivity contribution < 1.29 is 9.84 Å². The molecule has 0 spiro atoms. The summed E-state index contributed by atoms with van der Waals surface area (Å²) in [7, 11) is 1.60. The van der Waals surface area contributed by atoms with Gasteiger partial charge in [0.1, 0.15) is 11.3 Å². The maximum absolute atomic E-state index is 11.6. The van der Waals surface area contributed by atoms with Crippen LogP contribution in [0.4, 0.5) is 5.13 Å². The van der Waals surface area contributed by atoms with Crippen molar-refractivity contribution in [1.82, 2.24) is 15.0 Å². The van der Waals surface area contributed by atoms with Crippen molar-refractivity contribution in [3.8, 4) is 22.9 Å². The number of aromatic amines is 2. The van der Waals surface area contributed by atoms with Gasteiger partial charge in [0.25, 0.3) is 5.56 Å². The summed E-state index contributed by atoms with van der Waals surface area (Å²) in [5.41, 5.74) is -0.0268. The van der Waals surface area contributed by atoms with E-state index >= 15 is 0 Å². The number of nitrogens with one attached hydrogen (secondary N) is 2. The van der Waals surface area contributed by atoms with Gasteiger partial charge in [0.05, 0.1) is 12.8 Å². The molecule has 0 saturated heterocycles. The fraction of sp³-hybridized carbons (Fsp3) is 0.0667. The van der Waals surface area contributed by atoms with Crippen molar-refractivity contribution in [2.75, 3.05) is 7.11 Å². The molecule has 0 aliphatic rings. The predicted molar refractivity (Wildman–Crippen MR) is 90.7 cm³/mol. The second kappa shape index (κ2) is 6.50. The summed E-state index contributed by atoms with van der Waals surface area (Å²) in [4.78, 5) is 35.1. The third-order valence-corrected chi connectivity index (χ3v) is 3.89. The van der Waals surface area contributed by atoms with Gasteiger partial charge in [0, 0.05) is 17.2 Å². The summed E-state index contributed by atoms with van der Waals surface area (Å²) in [5.74, 6) is 0.208. The molecule has 0 saturated carbocycles. The third-order valence-electron chi connectivity index (χ3n) is 3.14. The minimum Gasteiger partial charge on any atom is -0.497 e. The minimum atomic E-state index is -0.786. The highest BCUT2D eigenvalue weighted by atomic mass is 32.1. The van der Waals surface area contributed by atoms with Crippen molar-refractivity contribution in [2.45, 2.75) is 0 Å². The molecule has 2 aromatic heterocycles. The van der Waals surface area contributed by atoms with Crippen molar-refractivity contribution in [3.05, 3.63) is 56.0 Å². The van der Waals surface area contributed by atoms with E-state index in [4.69, 9.17) is 4.74 Å². The van der Waals surface area contributed by atoms with E-state index in [1.165, 1.54) is 11.3 Å². The van der Waals surface area contributed by atoms with Gasteiger partial charge in [-0.2, -0.15) is 0 Å². The van der Waals surface area contributed by atoms with Crippen LogP contribution in [0.1, 0.15) is 5.56 Å². The molecule has 0 atom stereocenters. The first-order chi connectivity index (χ1) is 11.6. The van der Waals surface area contributed by atoms with Crippen LogP contribution >= 0.6 is 11.3 Å². The number of thiazole rings is 1. The number of methoxy groups -OCH3 is 1. The summed E-state index contributed by atoms with van der Waals surface area (Å²) in [6.45, 7) is 0. The SMILES string of the molecule is COc1ccc(-c2csc(N=Cc3c(O)[nH]c(=O)[nH]c3=O)n2)cc1. The van der Waals surface area contributed by atoms with Gasteiger partial charge in [-0.15, -0.1) is 11.3 Å². The van der Waals surface area contributed by atoms with Crippen molar-refractivity contribution in [2.24, 2.45) is 4.99 Å². The number of H-pyrrole nitrogens is 2. The molecule has 0 aliphatic carbocycles. The summed E-state index contributed by atoms with van der Waals surface area (Å²) in [5, 5.41) is 11.8. The largest absolute Gasteiger partial charge is 0.497 e. The number of nitrogens with zero attached hydrogens (tertiary/aromatic N) is 2. The lowest BCUT2D eigenvalue weighted by molar-refractivity contribution is 0.415. The highest BCUT2D eigenvalue weighted by molar-refractivity contribution is 7.13. The summed E-state index contributed by atoms with van der Waals surface area (Å²) in [6, 6.07) is 7.41. The lowest BCUT2D eigenvalue weighted by Gasteiger charge is -2.00. The van der Waals surface area contributed by atoms with Gasteiger partial charge in [-0.3, -0.25) is 14.8 Å². The molecule has 0 aliphatic heterocycles. The number of aliphatic imine (C=N–C) groups is 1. The smallest absolute Gasteiger partial charge is 0.328 e. The standard InChI is InChI=1S/C15H12N4O4S/c1-23-9-4-2-8(3-5-9)11-7-24-15(17-11)16-6-10-12(20)18-14(22)19-13(10)21/h2-7H,1H3,(H3,18,19,20,21,22). The van der Waals surface area contributed by atoms with E-state index in [9.17, 15) is 14.7 Å². The summed E-state index contributed by atoms with van der Waals surface area (Å²) >= 11 is 1.28. The summed E-state index contributed by atoms with van der Waals surface area (Å²) < 4.78 is 5.11. The molecule has 3 aromatic rings. The second-order valence-corrected chi connectivity index (χ2v) is 5.51. The van der Waals surface area contributed by atoms with E-state index in [0.29, 0.717) is 5.13 Å². The molecule has 24 heavy (non-hydrogen) atoms. The van der Waals surface area contributed by atoms with Gasteiger partial charge in [0.2, 0.25) is 11.0 Å². The zero-order valence-electron chi connectivity index (χ0n) is 12.4. The number of hydrogen-bond donors (Lipinski definition) is 3. The molecular formula is C15H12N4O4S. The number of aromatic hydroxyl groups is 1. The molecular weight excluding hydrogens is 332 g/mol. The lowest BCUT2D eigenvalue weighted by atomic mass is 10.2. The van der Waals surface area contributed by atoms with Crippen LogP contribution in [0.15, 0.2) is 44.2 Å². The van der Waals surface area contributed by atoms with E-state index < -0.39 is 17.1 Å². The Bertz CT molecular complexity index is 1000. The summed E-state index contributed by atoms with van der Waals surface area (Å²) in [6.07, 6.45) is 1.15. The zero-order chi connectivity index (χ0) is 17.1. The molecule has 1 aromatic carbocycles. The maximum atomic E-state index is 11.6. The monoisotopic (exact) mass is 344 g/mol. The topological polar surface area (TPSA) is 120 Å². The van der Waals surface area contributed by atoms with Crippen molar-refractivity contribution >= 4 is 22.7 Å². The predicted octanol–water partition coefficient (Wildman–Crippen LogP) is 1.65. The van der Waals surface area contributed by atoms with E-state index in [1.54, 1.807) is 7.11 Å². The normalized spacial score (nSPS) is 11.0. The number of aromatic nitrogens is 3. The van der Waals surface area contributed by atoms with Gasteiger partial charge >= 0.3 is 5.69 Å². The Morgan fingerprint density at radius 1 is 1.25 bits per heavy atom. The Labute approximate surface area is 139 Å². The van der Waals surface area contributed by atoms with E-state index in [1.807, 2.05) is 34.6 Å². The number of rotatable bonds is 4. The lowest BCUT2D eigenvalue weighted by Crippen LogP contribution is -2.24. The molecule has 3 N–H and O–H groups in total. The fourth-order valence-electron chi connectivity index (χ4n) is 1.94. The highest BCUT2D eigenvalue weighted by Gasteiger charge is 2.07. The van der Waals surface area contributed by atoms with E-state index in [0.717, 1.165) is 23.2 Å². The number of hydrogen-bond acceptors (Lipinski definition) is 7. The van der Waals surface area contributed by atoms with Gasteiger partial charge in [-0.25, -0.2) is 14.8 Å². The van der Waals surface area contributed by atoms with E-state index in [-0.39, 0.29) is 5.56 Å². The Morgan fingerprint density at radius 2 is 2.00 bits per heavy atom. The second-order valence-electron chi connectivity index (χ2n) is 4.67. The molecule has 122 valence electrons. The molecule has 0 radical (unpaired) electrons.